The second-order valence-electron chi connectivity index (χ2n) is 4.48. The largest absolute Gasteiger partial charge is 0.495 e. The van der Waals surface area contributed by atoms with Crippen molar-refractivity contribution in [1.82, 2.24) is 15.2 Å². The van der Waals surface area contributed by atoms with Crippen LogP contribution in [-0.2, 0) is 4.79 Å². The van der Waals surface area contributed by atoms with E-state index in [0.717, 1.165) is 4.88 Å². The van der Waals surface area contributed by atoms with Gasteiger partial charge in [-0.1, -0.05) is 30.0 Å². The van der Waals surface area contributed by atoms with Gasteiger partial charge in [0.2, 0.25) is 11.1 Å². The highest BCUT2D eigenvalue weighted by Crippen LogP contribution is 2.25. The van der Waals surface area contributed by atoms with Crippen LogP contribution in [0.1, 0.15) is 0 Å². The molecule has 1 aromatic carbocycles. The maximum atomic E-state index is 12.0. The summed E-state index contributed by atoms with van der Waals surface area (Å²) in [6.07, 6.45) is 0. The van der Waals surface area contributed by atoms with Crippen molar-refractivity contribution in [1.29, 1.82) is 0 Å². The number of rotatable bonds is 6. The highest BCUT2D eigenvalue weighted by atomic mass is 32.2. The summed E-state index contributed by atoms with van der Waals surface area (Å²) >= 11 is 2.86. The van der Waals surface area contributed by atoms with Crippen LogP contribution in [0, 0.1) is 0 Å². The minimum atomic E-state index is -0.137. The van der Waals surface area contributed by atoms with Crippen molar-refractivity contribution in [3.8, 4) is 16.5 Å². The van der Waals surface area contributed by atoms with Gasteiger partial charge in [-0.05, 0) is 23.6 Å². The fraction of sp³-hybridized carbons (Fsp3) is 0.133. The first-order valence-electron chi connectivity index (χ1n) is 6.78. The maximum Gasteiger partial charge on any atom is 0.234 e. The van der Waals surface area contributed by atoms with Gasteiger partial charge in [0.25, 0.3) is 0 Å². The van der Waals surface area contributed by atoms with Crippen LogP contribution in [0.15, 0.2) is 46.9 Å². The number of ether oxygens (including phenoxy) is 1. The summed E-state index contributed by atoms with van der Waals surface area (Å²) < 4.78 is 5.20. The first kappa shape index (κ1) is 15.6. The molecule has 8 heteroatoms. The standard InChI is InChI=1S/C15H14N4O2S2/c1-21-11-6-3-2-5-10(11)16-13(20)9-23-15-17-14(18-19-15)12-7-4-8-22-12/h2-8H,9H2,1H3,(H,16,20)(H,17,18,19). The van der Waals surface area contributed by atoms with Crippen LogP contribution in [0.25, 0.3) is 10.7 Å². The van der Waals surface area contributed by atoms with Crippen LogP contribution in [0.2, 0.25) is 0 Å². The molecule has 0 aliphatic carbocycles. The van der Waals surface area contributed by atoms with E-state index in [9.17, 15) is 4.79 Å². The Hall–Kier alpha value is -2.32. The Morgan fingerprint density at radius 2 is 2.22 bits per heavy atom. The molecule has 0 saturated carbocycles. The molecule has 0 radical (unpaired) electrons. The molecule has 1 amide bonds. The topological polar surface area (TPSA) is 79.9 Å². The van der Waals surface area contributed by atoms with Crippen molar-refractivity contribution in [3.63, 3.8) is 0 Å². The zero-order valence-corrected chi connectivity index (χ0v) is 13.9. The van der Waals surface area contributed by atoms with E-state index in [4.69, 9.17) is 4.74 Å². The Balaban J connectivity index is 1.57. The quantitative estimate of drug-likeness (QED) is 0.670. The number of aromatic amines is 1. The predicted octanol–water partition coefficient (Wildman–Crippen LogP) is 3.27. The Bertz CT molecular complexity index is 786. The Morgan fingerprint density at radius 3 is 3.00 bits per heavy atom. The van der Waals surface area contributed by atoms with Crippen molar-refractivity contribution in [2.45, 2.75) is 5.16 Å². The van der Waals surface area contributed by atoms with E-state index in [1.807, 2.05) is 29.6 Å². The van der Waals surface area contributed by atoms with Crippen molar-refractivity contribution >= 4 is 34.7 Å². The van der Waals surface area contributed by atoms with Crippen molar-refractivity contribution in [2.24, 2.45) is 0 Å². The van der Waals surface area contributed by atoms with Crippen LogP contribution < -0.4 is 10.1 Å². The van der Waals surface area contributed by atoms with Gasteiger partial charge < -0.3 is 10.1 Å². The number of para-hydroxylation sites is 2. The summed E-state index contributed by atoms with van der Waals surface area (Å²) in [6.45, 7) is 0. The van der Waals surface area contributed by atoms with E-state index in [2.05, 4.69) is 20.5 Å². The van der Waals surface area contributed by atoms with E-state index >= 15 is 0 Å². The number of thioether (sulfide) groups is 1. The number of benzene rings is 1. The summed E-state index contributed by atoms with van der Waals surface area (Å²) in [6, 6.07) is 11.2. The molecule has 0 saturated heterocycles. The molecule has 118 valence electrons. The highest BCUT2D eigenvalue weighted by Gasteiger charge is 2.11. The molecule has 0 aliphatic heterocycles. The number of H-pyrrole nitrogens is 1. The third-order valence-electron chi connectivity index (χ3n) is 2.93. The second-order valence-corrected chi connectivity index (χ2v) is 6.37. The highest BCUT2D eigenvalue weighted by molar-refractivity contribution is 7.99. The molecule has 0 unspecified atom stereocenters. The maximum absolute atomic E-state index is 12.0. The number of hydrogen-bond donors (Lipinski definition) is 2. The number of amides is 1. The minimum absolute atomic E-state index is 0.137. The van der Waals surface area contributed by atoms with Gasteiger partial charge in [0.05, 0.1) is 23.4 Å². The van der Waals surface area contributed by atoms with Crippen LogP contribution in [0.5, 0.6) is 5.75 Å². The number of methoxy groups -OCH3 is 1. The summed E-state index contributed by atoms with van der Waals surface area (Å²) in [4.78, 5) is 17.4. The Kier molecular flexibility index (Phi) is 4.94. The molecular formula is C15H14N4O2S2. The first-order valence-corrected chi connectivity index (χ1v) is 8.65. The van der Waals surface area contributed by atoms with Gasteiger partial charge in [0.15, 0.2) is 5.82 Å². The van der Waals surface area contributed by atoms with Crippen LogP contribution in [0.3, 0.4) is 0 Å². The molecule has 0 fully saturated rings. The monoisotopic (exact) mass is 346 g/mol. The Morgan fingerprint density at radius 1 is 1.35 bits per heavy atom. The van der Waals surface area contributed by atoms with Crippen molar-refractivity contribution < 1.29 is 9.53 Å². The van der Waals surface area contributed by atoms with E-state index in [1.54, 1.807) is 30.6 Å². The van der Waals surface area contributed by atoms with Crippen LogP contribution in [0.4, 0.5) is 5.69 Å². The third kappa shape index (κ3) is 3.91. The summed E-state index contributed by atoms with van der Waals surface area (Å²) in [5, 5.41) is 12.3. The number of thiophene rings is 1. The van der Waals surface area contributed by atoms with Crippen LogP contribution in [-0.4, -0.2) is 34.0 Å². The molecular weight excluding hydrogens is 332 g/mol. The lowest BCUT2D eigenvalue weighted by atomic mass is 10.3. The van der Waals surface area contributed by atoms with Crippen LogP contribution >= 0.6 is 23.1 Å². The lowest BCUT2D eigenvalue weighted by molar-refractivity contribution is -0.113. The third-order valence-corrected chi connectivity index (χ3v) is 4.66. The molecule has 3 aromatic rings. The molecule has 0 bridgehead atoms. The number of anilines is 1. The van der Waals surface area contributed by atoms with Gasteiger partial charge in [-0.15, -0.1) is 16.4 Å². The molecule has 2 N–H and O–H groups in total. The average molecular weight is 346 g/mol. The number of nitrogens with zero attached hydrogens (tertiary/aromatic N) is 2. The molecule has 3 rings (SSSR count). The smallest absolute Gasteiger partial charge is 0.234 e. The van der Waals surface area contributed by atoms with E-state index in [-0.39, 0.29) is 11.7 Å². The fourth-order valence-electron chi connectivity index (χ4n) is 1.90. The van der Waals surface area contributed by atoms with Gasteiger partial charge in [-0.25, -0.2) is 4.98 Å². The zero-order valence-electron chi connectivity index (χ0n) is 12.3. The fourth-order valence-corrected chi connectivity index (χ4v) is 3.16. The number of carbonyl (C=O) groups is 1. The number of hydrogen-bond acceptors (Lipinski definition) is 6. The van der Waals surface area contributed by atoms with Gasteiger partial charge in [0.1, 0.15) is 5.75 Å². The SMILES string of the molecule is COc1ccccc1NC(=O)CSc1n[nH]c(-c2cccs2)n1. The first-order chi connectivity index (χ1) is 11.3. The molecule has 23 heavy (non-hydrogen) atoms. The van der Waals surface area contributed by atoms with Gasteiger partial charge in [-0.2, -0.15) is 0 Å². The summed E-state index contributed by atoms with van der Waals surface area (Å²) in [5.41, 5.74) is 0.648. The molecule has 0 aliphatic rings. The Labute approximate surface area is 141 Å². The van der Waals surface area contributed by atoms with E-state index < -0.39 is 0 Å². The number of nitrogens with one attached hydrogen (secondary N) is 2. The van der Waals surface area contributed by atoms with Gasteiger partial charge in [0, 0.05) is 0 Å². The lowest BCUT2D eigenvalue weighted by Gasteiger charge is -2.08. The predicted molar refractivity (Wildman–Crippen MR) is 92.0 cm³/mol. The van der Waals surface area contributed by atoms with E-state index in [0.29, 0.717) is 22.4 Å². The molecule has 0 atom stereocenters. The van der Waals surface area contributed by atoms with Crippen molar-refractivity contribution in [2.75, 3.05) is 18.2 Å². The summed E-state index contributed by atoms with van der Waals surface area (Å²) in [5.74, 6) is 1.43. The molecule has 2 aromatic heterocycles. The molecule has 6 nitrogen and oxygen atoms in total. The second kappa shape index (κ2) is 7.30. The normalized spacial score (nSPS) is 10.5. The van der Waals surface area contributed by atoms with Gasteiger partial charge in [-0.3, -0.25) is 9.89 Å². The average Bonchev–Trinajstić information content (AvgIpc) is 3.24. The molecule has 2 heterocycles. The van der Waals surface area contributed by atoms with Gasteiger partial charge >= 0.3 is 0 Å². The lowest BCUT2D eigenvalue weighted by Crippen LogP contribution is -2.14. The number of aromatic nitrogens is 3. The number of carbonyl (C=O) groups excluding carboxylic acids is 1. The van der Waals surface area contributed by atoms with E-state index in [1.165, 1.54) is 11.8 Å². The summed E-state index contributed by atoms with van der Waals surface area (Å²) in [7, 11) is 1.57. The molecule has 0 spiro atoms. The van der Waals surface area contributed by atoms with Crippen molar-refractivity contribution in [3.05, 3.63) is 41.8 Å². The zero-order chi connectivity index (χ0) is 16.1. The minimum Gasteiger partial charge on any atom is -0.495 e.